The van der Waals surface area contributed by atoms with E-state index in [1.165, 1.54) is 5.56 Å². The molecule has 0 N–H and O–H groups in total. The summed E-state index contributed by atoms with van der Waals surface area (Å²) < 4.78 is 2.17. The van der Waals surface area contributed by atoms with E-state index < -0.39 is 0 Å². The molecular weight excluding hydrogens is 334 g/mol. The van der Waals surface area contributed by atoms with E-state index in [-0.39, 0.29) is 5.91 Å². The highest BCUT2D eigenvalue weighted by Gasteiger charge is 2.26. The molecule has 0 radical (unpaired) electrons. The zero-order valence-corrected chi connectivity index (χ0v) is 16.1. The molecule has 2 heterocycles. The van der Waals surface area contributed by atoms with Crippen LogP contribution in [0.3, 0.4) is 0 Å². The summed E-state index contributed by atoms with van der Waals surface area (Å²) in [5.41, 5.74) is 3.11. The first-order valence-electron chi connectivity index (χ1n) is 9.79. The van der Waals surface area contributed by atoms with Gasteiger partial charge in [-0.2, -0.15) is 0 Å². The first kappa shape index (κ1) is 17.8. The van der Waals surface area contributed by atoms with Gasteiger partial charge >= 0.3 is 0 Å². The van der Waals surface area contributed by atoms with Crippen molar-refractivity contribution < 1.29 is 4.79 Å². The van der Waals surface area contributed by atoms with Crippen LogP contribution in [0.25, 0.3) is 10.9 Å². The molecule has 1 amide bonds. The maximum Gasteiger partial charge on any atom is 0.270 e. The minimum atomic E-state index is 0.144. The maximum absolute atomic E-state index is 13.3. The fourth-order valence-corrected chi connectivity index (χ4v) is 3.93. The number of hydrogen-bond acceptors (Lipinski definition) is 2. The molecule has 0 aliphatic carbocycles. The Bertz CT molecular complexity index is 921. The summed E-state index contributed by atoms with van der Waals surface area (Å²) >= 11 is 0. The molecule has 4 heteroatoms. The fourth-order valence-electron chi connectivity index (χ4n) is 3.93. The summed E-state index contributed by atoms with van der Waals surface area (Å²) in [6.45, 7) is 8.63. The van der Waals surface area contributed by atoms with Gasteiger partial charge in [0.05, 0.1) is 0 Å². The molecule has 4 nitrogen and oxygen atoms in total. The Morgan fingerprint density at radius 1 is 0.926 bits per heavy atom. The van der Waals surface area contributed by atoms with Crippen LogP contribution in [-0.4, -0.2) is 52.5 Å². The Balaban J connectivity index is 1.65. The van der Waals surface area contributed by atoms with Gasteiger partial charge in [-0.05, 0) is 31.5 Å². The standard InChI is InChI=1S/C23H27N3O/c1-18(2)24-12-14-25(15-13-24)23(27)22-16-20-10-6-7-11-21(20)26(22)17-19-8-4-3-5-9-19/h3-11,16,18H,12-15,17H2,1-2H3. The summed E-state index contributed by atoms with van der Waals surface area (Å²) in [5.74, 6) is 0.144. The van der Waals surface area contributed by atoms with Gasteiger partial charge in [0.25, 0.3) is 5.91 Å². The van der Waals surface area contributed by atoms with E-state index in [0.29, 0.717) is 12.6 Å². The molecule has 27 heavy (non-hydrogen) atoms. The van der Waals surface area contributed by atoms with Gasteiger partial charge in [-0.15, -0.1) is 0 Å². The molecule has 0 unspecified atom stereocenters. The normalized spacial score (nSPS) is 15.6. The number of rotatable bonds is 4. The van der Waals surface area contributed by atoms with Crippen molar-refractivity contribution in [2.75, 3.05) is 26.2 Å². The van der Waals surface area contributed by atoms with Crippen molar-refractivity contribution in [3.8, 4) is 0 Å². The molecule has 0 saturated carbocycles. The lowest BCUT2D eigenvalue weighted by atomic mass is 10.2. The number of carbonyl (C=O) groups is 1. The van der Waals surface area contributed by atoms with E-state index in [1.807, 2.05) is 35.2 Å². The second-order valence-electron chi connectivity index (χ2n) is 7.58. The van der Waals surface area contributed by atoms with Crippen LogP contribution < -0.4 is 0 Å². The first-order valence-corrected chi connectivity index (χ1v) is 9.79. The lowest BCUT2D eigenvalue weighted by Crippen LogP contribution is -2.51. The molecular formula is C23H27N3O. The summed E-state index contributed by atoms with van der Waals surface area (Å²) in [6.07, 6.45) is 0. The number of carbonyl (C=O) groups excluding carboxylic acids is 1. The van der Waals surface area contributed by atoms with Crippen molar-refractivity contribution in [3.05, 3.63) is 71.9 Å². The number of fused-ring (bicyclic) bond motifs is 1. The number of hydrogen-bond donors (Lipinski definition) is 0. The van der Waals surface area contributed by atoms with Crippen molar-refractivity contribution in [2.45, 2.75) is 26.4 Å². The van der Waals surface area contributed by atoms with E-state index in [0.717, 1.165) is 42.8 Å². The number of nitrogens with zero attached hydrogens (tertiary/aromatic N) is 3. The van der Waals surface area contributed by atoms with Gasteiger partial charge < -0.3 is 9.47 Å². The number of amides is 1. The third kappa shape index (κ3) is 3.62. The van der Waals surface area contributed by atoms with Crippen LogP contribution in [0.5, 0.6) is 0 Å². The maximum atomic E-state index is 13.3. The molecule has 2 aromatic carbocycles. The molecule has 1 aliphatic heterocycles. The largest absolute Gasteiger partial charge is 0.335 e. The predicted octanol–water partition coefficient (Wildman–Crippen LogP) is 3.86. The van der Waals surface area contributed by atoms with Crippen LogP contribution in [0.1, 0.15) is 29.9 Å². The fraction of sp³-hybridized carbons (Fsp3) is 0.348. The van der Waals surface area contributed by atoms with Gasteiger partial charge in [-0.3, -0.25) is 9.69 Å². The van der Waals surface area contributed by atoms with Crippen LogP contribution in [0.2, 0.25) is 0 Å². The molecule has 4 rings (SSSR count). The van der Waals surface area contributed by atoms with Gasteiger partial charge in [-0.25, -0.2) is 0 Å². The highest BCUT2D eigenvalue weighted by Crippen LogP contribution is 2.23. The zero-order valence-electron chi connectivity index (χ0n) is 16.1. The Morgan fingerprint density at radius 2 is 1.59 bits per heavy atom. The molecule has 0 spiro atoms. The highest BCUT2D eigenvalue weighted by atomic mass is 16.2. The smallest absolute Gasteiger partial charge is 0.270 e. The third-order valence-corrected chi connectivity index (χ3v) is 5.54. The van der Waals surface area contributed by atoms with Crippen LogP contribution in [0, 0.1) is 0 Å². The van der Waals surface area contributed by atoms with E-state index in [1.54, 1.807) is 0 Å². The summed E-state index contributed by atoms with van der Waals surface area (Å²) in [7, 11) is 0. The van der Waals surface area contributed by atoms with Gasteiger partial charge in [0.15, 0.2) is 0 Å². The van der Waals surface area contributed by atoms with E-state index in [9.17, 15) is 4.79 Å². The van der Waals surface area contributed by atoms with Gasteiger partial charge in [0.2, 0.25) is 0 Å². The van der Waals surface area contributed by atoms with Crippen molar-refractivity contribution in [3.63, 3.8) is 0 Å². The summed E-state index contributed by atoms with van der Waals surface area (Å²) in [5, 5.41) is 1.12. The topological polar surface area (TPSA) is 28.5 Å². The van der Waals surface area contributed by atoms with Crippen LogP contribution in [0.15, 0.2) is 60.7 Å². The van der Waals surface area contributed by atoms with Gasteiger partial charge in [0.1, 0.15) is 5.69 Å². The quantitative estimate of drug-likeness (QED) is 0.706. The van der Waals surface area contributed by atoms with Crippen molar-refractivity contribution in [1.82, 2.24) is 14.4 Å². The molecule has 1 saturated heterocycles. The van der Waals surface area contributed by atoms with Crippen molar-refractivity contribution in [2.24, 2.45) is 0 Å². The van der Waals surface area contributed by atoms with Crippen LogP contribution >= 0.6 is 0 Å². The Kier molecular flexibility index (Phi) is 4.99. The lowest BCUT2D eigenvalue weighted by Gasteiger charge is -2.37. The Morgan fingerprint density at radius 3 is 2.30 bits per heavy atom. The Hall–Kier alpha value is -2.59. The zero-order chi connectivity index (χ0) is 18.8. The number of aromatic nitrogens is 1. The molecule has 1 aliphatic rings. The van der Waals surface area contributed by atoms with Gasteiger partial charge in [0, 0.05) is 49.7 Å². The minimum absolute atomic E-state index is 0.144. The molecule has 140 valence electrons. The molecule has 1 fully saturated rings. The monoisotopic (exact) mass is 361 g/mol. The van der Waals surface area contributed by atoms with Crippen molar-refractivity contribution in [1.29, 1.82) is 0 Å². The molecule has 0 bridgehead atoms. The average molecular weight is 361 g/mol. The van der Waals surface area contributed by atoms with Crippen molar-refractivity contribution >= 4 is 16.8 Å². The summed E-state index contributed by atoms with van der Waals surface area (Å²) in [6, 6.07) is 21.2. The van der Waals surface area contributed by atoms with E-state index in [4.69, 9.17) is 0 Å². The van der Waals surface area contributed by atoms with Crippen LogP contribution in [-0.2, 0) is 6.54 Å². The SMILES string of the molecule is CC(C)N1CCN(C(=O)c2cc3ccccc3n2Cc2ccccc2)CC1. The molecule has 1 aromatic heterocycles. The Labute approximate surface area is 161 Å². The predicted molar refractivity (Wildman–Crippen MR) is 110 cm³/mol. The highest BCUT2D eigenvalue weighted by molar-refractivity contribution is 5.99. The minimum Gasteiger partial charge on any atom is -0.335 e. The molecule has 0 atom stereocenters. The van der Waals surface area contributed by atoms with Crippen LogP contribution in [0.4, 0.5) is 0 Å². The average Bonchev–Trinajstić information content (AvgIpc) is 3.07. The third-order valence-electron chi connectivity index (χ3n) is 5.54. The molecule has 3 aromatic rings. The van der Waals surface area contributed by atoms with Gasteiger partial charge in [-0.1, -0.05) is 48.5 Å². The van der Waals surface area contributed by atoms with E-state index in [2.05, 4.69) is 53.6 Å². The lowest BCUT2D eigenvalue weighted by molar-refractivity contribution is 0.0586. The first-order chi connectivity index (χ1) is 13.1. The second kappa shape index (κ2) is 7.57. The summed E-state index contributed by atoms with van der Waals surface area (Å²) in [4.78, 5) is 17.8. The number of piperazine rings is 1. The number of para-hydroxylation sites is 1. The van der Waals surface area contributed by atoms with E-state index >= 15 is 0 Å². The second-order valence-corrected chi connectivity index (χ2v) is 7.58. The number of benzene rings is 2.